The first-order valence-electron chi connectivity index (χ1n) is 7.44. The second kappa shape index (κ2) is 7.55. The molecule has 4 heteroatoms. The Kier molecular flexibility index (Phi) is 6.37. The van der Waals surface area contributed by atoms with Crippen molar-refractivity contribution in [1.82, 2.24) is 0 Å². The van der Waals surface area contributed by atoms with Gasteiger partial charge in [0, 0.05) is 12.3 Å². The van der Waals surface area contributed by atoms with Gasteiger partial charge in [0.15, 0.2) is 0 Å². The third kappa shape index (κ3) is 3.90. The molecule has 1 rings (SSSR count). The molecule has 1 fully saturated rings. The molecule has 0 N–H and O–H groups in total. The quantitative estimate of drug-likeness (QED) is 0.555. The summed E-state index contributed by atoms with van der Waals surface area (Å²) in [5, 5.41) is 0. The topological polar surface area (TPSA) is 60.4 Å². The molecule has 1 saturated carbocycles. The first-order valence-corrected chi connectivity index (χ1v) is 7.44. The molecule has 1 aliphatic carbocycles. The van der Waals surface area contributed by atoms with Crippen LogP contribution in [0, 0.1) is 29.6 Å². The normalized spacial score (nSPS) is 31.4. The van der Waals surface area contributed by atoms with Crippen molar-refractivity contribution in [3.8, 4) is 0 Å². The van der Waals surface area contributed by atoms with E-state index < -0.39 is 0 Å². The molecule has 0 saturated heterocycles. The van der Waals surface area contributed by atoms with Gasteiger partial charge in [-0.2, -0.15) is 0 Å². The van der Waals surface area contributed by atoms with Crippen LogP contribution in [0.4, 0.5) is 0 Å². The van der Waals surface area contributed by atoms with Crippen LogP contribution in [-0.2, 0) is 19.1 Å². The molecule has 0 radical (unpaired) electrons. The van der Waals surface area contributed by atoms with Gasteiger partial charge in [-0.3, -0.25) is 4.79 Å². The van der Waals surface area contributed by atoms with E-state index >= 15 is 0 Å². The molecule has 114 valence electrons. The molecule has 0 spiro atoms. The van der Waals surface area contributed by atoms with E-state index in [1.165, 1.54) is 7.11 Å². The highest BCUT2D eigenvalue weighted by Gasteiger charge is 2.41. The second-order valence-electron chi connectivity index (χ2n) is 6.15. The van der Waals surface area contributed by atoms with Crippen LogP contribution in [0.3, 0.4) is 0 Å². The van der Waals surface area contributed by atoms with Gasteiger partial charge in [0.25, 0.3) is 0 Å². The van der Waals surface area contributed by atoms with Crippen molar-refractivity contribution < 1.29 is 19.1 Å². The van der Waals surface area contributed by atoms with Gasteiger partial charge in [-0.1, -0.05) is 20.3 Å². The van der Waals surface area contributed by atoms with Crippen molar-refractivity contribution in [2.75, 3.05) is 7.11 Å². The molecule has 0 bridgehead atoms. The number of rotatable bonds is 6. The van der Waals surface area contributed by atoms with Crippen LogP contribution in [0.25, 0.3) is 0 Å². The van der Waals surface area contributed by atoms with Gasteiger partial charge in [0.2, 0.25) is 0 Å². The molecule has 20 heavy (non-hydrogen) atoms. The molecular weight excluding hydrogens is 256 g/mol. The second-order valence-corrected chi connectivity index (χ2v) is 6.15. The zero-order valence-corrected chi connectivity index (χ0v) is 12.9. The molecule has 1 aliphatic rings. The van der Waals surface area contributed by atoms with Crippen LogP contribution in [0.5, 0.6) is 0 Å². The first-order chi connectivity index (χ1) is 9.42. The van der Waals surface area contributed by atoms with Crippen LogP contribution in [0.2, 0.25) is 0 Å². The van der Waals surface area contributed by atoms with Crippen LogP contribution in [0.15, 0.2) is 0 Å². The number of hydrogen-bond donors (Lipinski definition) is 0. The summed E-state index contributed by atoms with van der Waals surface area (Å²) in [6.45, 7) is 5.56. The number of methoxy groups -OCH3 is 1. The number of carbonyl (C=O) groups is 3. The van der Waals surface area contributed by atoms with E-state index in [-0.39, 0.29) is 35.4 Å². The number of hydrogen-bond acceptors (Lipinski definition) is 4. The highest BCUT2D eigenvalue weighted by molar-refractivity contribution is 5.75. The summed E-state index contributed by atoms with van der Waals surface area (Å²) in [5.74, 6) is 0.155. The molecule has 0 aromatic heterocycles. The number of esters is 1. The van der Waals surface area contributed by atoms with Gasteiger partial charge in [0.05, 0.1) is 13.0 Å². The lowest BCUT2D eigenvalue weighted by atomic mass is 9.63. The fourth-order valence-corrected chi connectivity index (χ4v) is 3.55. The van der Waals surface area contributed by atoms with Gasteiger partial charge in [0.1, 0.15) is 12.1 Å². The zero-order chi connectivity index (χ0) is 15.3. The summed E-state index contributed by atoms with van der Waals surface area (Å²) in [7, 11) is 1.38. The monoisotopic (exact) mass is 282 g/mol. The maximum absolute atomic E-state index is 11.7. The lowest BCUT2D eigenvalue weighted by molar-refractivity contribution is -0.149. The Labute approximate surface area is 121 Å². The SMILES string of the molecule is COC(=O)C(C)[C@@H]1CC[C@@H](C)[C@H](CCC(C)=O)C1C=O. The van der Waals surface area contributed by atoms with Crippen molar-refractivity contribution in [3.05, 3.63) is 0 Å². The molecule has 0 amide bonds. The van der Waals surface area contributed by atoms with Crippen LogP contribution in [0.1, 0.15) is 46.5 Å². The molecule has 0 aromatic rings. The molecular formula is C16H26O4. The smallest absolute Gasteiger partial charge is 0.308 e. The Balaban J connectivity index is 2.84. The Morgan fingerprint density at radius 2 is 2.00 bits per heavy atom. The summed E-state index contributed by atoms with van der Waals surface area (Å²) >= 11 is 0. The number of carbonyl (C=O) groups excluding carboxylic acids is 3. The van der Waals surface area contributed by atoms with E-state index in [0.29, 0.717) is 12.3 Å². The summed E-state index contributed by atoms with van der Waals surface area (Å²) in [6.07, 6.45) is 4.11. The first kappa shape index (κ1) is 16.9. The van der Waals surface area contributed by atoms with Crippen molar-refractivity contribution in [3.63, 3.8) is 0 Å². The van der Waals surface area contributed by atoms with Crippen molar-refractivity contribution >= 4 is 18.0 Å². The van der Waals surface area contributed by atoms with Gasteiger partial charge in [-0.05, 0) is 37.5 Å². The van der Waals surface area contributed by atoms with Crippen LogP contribution in [-0.4, -0.2) is 25.1 Å². The average molecular weight is 282 g/mol. The van der Waals surface area contributed by atoms with E-state index in [2.05, 4.69) is 6.92 Å². The fourth-order valence-electron chi connectivity index (χ4n) is 3.55. The average Bonchev–Trinajstić information content (AvgIpc) is 2.43. The van der Waals surface area contributed by atoms with Crippen molar-refractivity contribution in [2.45, 2.75) is 46.5 Å². The molecule has 5 atom stereocenters. The lowest BCUT2D eigenvalue weighted by Gasteiger charge is -2.41. The predicted molar refractivity (Wildman–Crippen MR) is 76.0 cm³/mol. The Morgan fingerprint density at radius 1 is 1.35 bits per heavy atom. The standard InChI is InChI=1S/C16H26O4/c1-10-5-7-14(12(3)16(19)20-4)15(9-17)13(10)8-6-11(2)18/h9-10,12-15H,5-8H2,1-4H3/t10-,12?,13+,14+,15?/m1/s1. The molecule has 4 nitrogen and oxygen atoms in total. The fraction of sp³-hybridized carbons (Fsp3) is 0.812. The minimum Gasteiger partial charge on any atom is -0.469 e. The number of ketones is 1. The highest BCUT2D eigenvalue weighted by Crippen LogP contribution is 2.43. The summed E-state index contributed by atoms with van der Waals surface area (Å²) in [4.78, 5) is 34.5. The summed E-state index contributed by atoms with van der Waals surface area (Å²) < 4.78 is 4.81. The van der Waals surface area contributed by atoms with E-state index in [4.69, 9.17) is 4.74 Å². The predicted octanol–water partition coefficient (Wildman–Crippen LogP) is 2.64. The third-order valence-electron chi connectivity index (χ3n) is 4.88. The van der Waals surface area contributed by atoms with Gasteiger partial charge >= 0.3 is 5.97 Å². The molecule has 2 unspecified atom stereocenters. The van der Waals surface area contributed by atoms with Gasteiger partial charge < -0.3 is 14.3 Å². The van der Waals surface area contributed by atoms with Crippen molar-refractivity contribution in [2.24, 2.45) is 29.6 Å². The zero-order valence-electron chi connectivity index (χ0n) is 12.9. The third-order valence-corrected chi connectivity index (χ3v) is 4.88. The highest BCUT2D eigenvalue weighted by atomic mass is 16.5. The molecule has 0 heterocycles. The van der Waals surface area contributed by atoms with Gasteiger partial charge in [-0.15, -0.1) is 0 Å². The van der Waals surface area contributed by atoms with E-state index in [1.54, 1.807) is 6.92 Å². The Morgan fingerprint density at radius 3 is 2.50 bits per heavy atom. The minimum atomic E-state index is -0.262. The minimum absolute atomic E-state index is 0.0353. The largest absolute Gasteiger partial charge is 0.469 e. The lowest BCUT2D eigenvalue weighted by Crippen LogP contribution is -2.40. The maximum atomic E-state index is 11.7. The number of Topliss-reactive ketones (excluding diaryl/α,β-unsaturated/α-hetero) is 1. The van der Waals surface area contributed by atoms with Crippen LogP contribution >= 0.6 is 0 Å². The van der Waals surface area contributed by atoms with Crippen molar-refractivity contribution in [1.29, 1.82) is 0 Å². The molecule has 0 aliphatic heterocycles. The van der Waals surface area contributed by atoms with Gasteiger partial charge in [-0.25, -0.2) is 0 Å². The Hall–Kier alpha value is -1.19. The number of ether oxygens (including phenoxy) is 1. The van der Waals surface area contributed by atoms with E-state index in [1.807, 2.05) is 6.92 Å². The van der Waals surface area contributed by atoms with E-state index in [0.717, 1.165) is 25.5 Å². The summed E-state index contributed by atoms with van der Waals surface area (Å²) in [6, 6.07) is 0. The Bertz CT molecular complexity index is 363. The van der Waals surface area contributed by atoms with E-state index in [9.17, 15) is 14.4 Å². The molecule has 0 aromatic carbocycles. The number of aldehydes is 1. The van der Waals surface area contributed by atoms with Crippen LogP contribution < -0.4 is 0 Å². The summed E-state index contributed by atoms with van der Waals surface area (Å²) in [5.41, 5.74) is 0. The maximum Gasteiger partial charge on any atom is 0.308 e.